The number of allylic oxidation sites excluding steroid dienone is 1. The zero-order valence-electron chi connectivity index (χ0n) is 11.0. The molecule has 100 valence electrons. The number of phenols is 1. The number of hydrogen-bond donors (Lipinski definition) is 2. The van der Waals surface area contributed by atoms with Crippen molar-refractivity contribution in [2.24, 2.45) is 0 Å². The van der Waals surface area contributed by atoms with Crippen LogP contribution in [-0.4, -0.2) is 25.9 Å². The molecule has 4 heteroatoms. The molecule has 18 heavy (non-hydrogen) atoms. The summed E-state index contributed by atoms with van der Waals surface area (Å²) in [5.41, 5.74) is 1.01. The molecule has 0 aliphatic rings. The first-order valence-electron chi connectivity index (χ1n) is 5.98. The lowest BCUT2D eigenvalue weighted by molar-refractivity contribution is 0.339. The Hall–Kier alpha value is -1.68. The van der Waals surface area contributed by atoms with Gasteiger partial charge in [-0.05, 0) is 37.1 Å². The Morgan fingerprint density at radius 3 is 2.39 bits per heavy atom. The molecule has 1 aromatic rings. The maximum Gasteiger partial charge on any atom is 0.200 e. The lowest BCUT2D eigenvalue weighted by atomic mass is 10.1. The van der Waals surface area contributed by atoms with Crippen LogP contribution in [-0.2, 0) is 6.54 Å². The fourth-order valence-corrected chi connectivity index (χ4v) is 1.65. The summed E-state index contributed by atoms with van der Waals surface area (Å²) in [5, 5.41) is 13.1. The molecule has 1 rings (SSSR count). The molecular formula is C14H21NO3. The Morgan fingerprint density at radius 2 is 1.89 bits per heavy atom. The van der Waals surface area contributed by atoms with Gasteiger partial charge >= 0.3 is 0 Å². The van der Waals surface area contributed by atoms with E-state index in [1.807, 2.05) is 6.08 Å². The van der Waals surface area contributed by atoms with Gasteiger partial charge in [0.2, 0.25) is 5.75 Å². The lowest BCUT2D eigenvalue weighted by Crippen LogP contribution is -2.14. The predicted octanol–water partition coefficient (Wildman–Crippen LogP) is 2.47. The van der Waals surface area contributed by atoms with Crippen molar-refractivity contribution in [2.75, 3.05) is 20.8 Å². The summed E-state index contributed by atoms with van der Waals surface area (Å²) < 4.78 is 10.2. The zero-order valence-corrected chi connectivity index (χ0v) is 11.0. The smallest absolute Gasteiger partial charge is 0.200 e. The van der Waals surface area contributed by atoms with Gasteiger partial charge in [-0.15, -0.1) is 6.58 Å². The summed E-state index contributed by atoms with van der Waals surface area (Å²) in [7, 11) is 3.05. The molecule has 4 nitrogen and oxygen atoms in total. The Morgan fingerprint density at radius 1 is 1.28 bits per heavy atom. The molecule has 0 amide bonds. The normalized spacial score (nSPS) is 10.1. The van der Waals surface area contributed by atoms with Crippen molar-refractivity contribution in [1.82, 2.24) is 5.32 Å². The third-order valence-electron chi connectivity index (χ3n) is 2.63. The van der Waals surface area contributed by atoms with E-state index in [-0.39, 0.29) is 5.75 Å². The molecule has 0 saturated carbocycles. The average molecular weight is 251 g/mol. The van der Waals surface area contributed by atoms with Crippen LogP contribution < -0.4 is 14.8 Å². The second-order valence-electron chi connectivity index (χ2n) is 3.96. The third kappa shape index (κ3) is 3.96. The van der Waals surface area contributed by atoms with Crippen molar-refractivity contribution in [3.8, 4) is 17.2 Å². The number of methoxy groups -OCH3 is 2. The molecule has 2 N–H and O–H groups in total. The summed E-state index contributed by atoms with van der Waals surface area (Å²) in [6.45, 7) is 5.32. The van der Waals surface area contributed by atoms with Crippen LogP contribution in [0.2, 0.25) is 0 Å². The topological polar surface area (TPSA) is 50.7 Å². The van der Waals surface area contributed by atoms with E-state index in [1.165, 1.54) is 14.2 Å². The molecule has 0 aliphatic carbocycles. The number of aromatic hydroxyl groups is 1. The van der Waals surface area contributed by atoms with E-state index in [0.29, 0.717) is 18.0 Å². The highest BCUT2D eigenvalue weighted by Crippen LogP contribution is 2.36. The van der Waals surface area contributed by atoms with Crippen LogP contribution in [0.15, 0.2) is 24.8 Å². The maximum atomic E-state index is 9.77. The maximum absolute atomic E-state index is 9.77. The molecule has 0 aromatic heterocycles. The zero-order chi connectivity index (χ0) is 13.4. The fraction of sp³-hybridized carbons (Fsp3) is 0.429. The van der Waals surface area contributed by atoms with E-state index in [4.69, 9.17) is 9.47 Å². The van der Waals surface area contributed by atoms with Gasteiger partial charge in [0.25, 0.3) is 0 Å². The molecule has 0 atom stereocenters. The van der Waals surface area contributed by atoms with Gasteiger partial charge < -0.3 is 19.9 Å². The van der Waals surface area contributed by atoms with Crippen molar-refractivity contribution < 1.29 is 14.6 Å². The second-order valence-corrected chi connectivity index (χ2v) is 3.96. The number of benzene rings is 1. The van der Waals surface area contributed by atoms with Crippen LogP contribution in [0.1, 0.15) is 18.4 Å². The number of nitrogens with one attached hydrogen (secondary N) is 1. The number of phenolic OH excluding ortho intramolecular Hbond substituents is 1. The second kappa shape index (κ2) is 7.61. The third-order valence-corrected chi connectivity index (χ3v) is 2.63. The lowest BCUT2D eigenvalue weighted by Gasteiger charge is -2.11. The minimum atomic E-state index is 0.0374. The van der Waals surface area contributed by atoms with E-state index in [9.17, 15) is 5.11 Å². The van der Waals surface area contributed by atoms with E-state index in [0.717, 1.165) is 24.9 Å². The van der Waals surface area contributed by atoms with Crippen LogP contribution in [0.5, 0.6) is 17.2 Å². The SMILES string of the molecule is C=CCCCNCc1cc(OC)c(O)c(OC)c1. The minimum absolute atomic E-state index is 0.0374. The molecule has 0 spiro atoms. The van der Waals surface area contributed by atoms with Crippen molar-refractivity contribution in [1.29, 1.82) is 0 Å². The van der Waals surface area contributed by atoms with E-state index in [1.54, 1.807) is 12.1 Å². The van der Waals surface area contributed by atoms with Gasteiger partial charge in [-0.25, -0.2) is 0 Å². The molecule has 0 bridgehead atoms. The average Bonchev–Trinajstić information content (AvgIpc) is 2.40. The number of hydrogen-bond acceptors (Lipinski definition) is 4. The van der Waals surface area contributed by atoms with E-state index < -0.39 is 0 Å². The quantitative estimate of drug-likeness (QED) is 0.550. The van der Waals surface area contributed by atoms with Gasteiger partial charge in [0.1, 0.15) is 0 Å². The number of rotatable bonds is 8. The van der Waals surface area contributed by atoms with Crippen molar-refractivity contribution in [3.63, 3.8) is 0 Å². The molecule has 0 unspecified atom stereocenters. The molecule has 0 radical (unpaired) electrons. The Labute approximate surface area is 108 Å². The van der Waals surface area contributed by atoms with Crippen molar-refractivity contribution in [3.05, 3.63) is 30.4 Å². The number of ether oxygens (including phenoxy) is 2. The van der Waals surface area contributed by atoms with Gasteiger partial charge in [0, 0.05) is 6.54 Å². The Balaban J connectivity index is 2.62. The summed E-state index contributed by atoms with van der Waals surface area (Å²) >= 11 is 0. The highest BCUT2D eigenvalue weighted by atomic mass is 16.5. The summed E-state index contributed by atoms with van der Waals surface area (Å²) in [6, 6.07) is 3.61. The Bertz CT molecular complexity index is 366. The van der Waals surface area contributed by atoms with Crippen LogP contribution in [0.25, 0.3) is 0 Å². The monoisotopic (exact) mass is 251 g/mol. The van der Waals surface area contributed by atoms with E-state index in [2.05, 4.69) is 11.9 Å². The van der Waals surface area contributed by atoms with Crippen LogP contribution in [0.4, 0.5) is 0 Å². The largest absolute Gasteiger partial charge is 0.502 e. The standard InChI is InChI=1S/C14H21NO3/c1-4-5-6-7-15-10-11-8-12(17-2)14(16)13(9-11)18-3/h4,8-9,15-16H,1,5-7,10H2,2-3H3. The fourth-order valence-electron chi connectivity index (χ4n) is 1.65. The first-order valence-corrected chi connectivity index (χ1v) is 5.98. The highest BCUT2D eigenvalue weighted by molar-refractivity contribution is 5.52. The molecule has 1 aromatic carbocycles. The molecule has 0 saturated heterocycles. The summed E-state index contributed by atoms with van der Waals surface area (Å²) in [5.74, 6) is 0.893. The molecule has 0 heterocycles. The minimum Gasteiger partial charge on any atom is -0.502 e. The van der Waals surface area contributed by atoms with Gasteiger partial charge in [-0.1, -0.05) is 6.08 Å². The van der Waals surface area contributed by atoms with Crippen LogP contribution >= 0.6 is 0 Å². The first kappa shape index (κ1) is 14.4. The van der Waals surface area contributed by atoms with Crippen LogP contribution in [0.3, 0.4) is 0 Å². The van der Waals surface area contributed by atoms with Crippen molar-refractivity contribution in [2.45, 2.75) is 19.4 Å². The van der Waals surface area contributed by atoms with Crippen molar-refractivity contribution >= 4 is 0 Å². The summed E-state index contributed by atoms with van der Waals surface area (Å²) in [6.07, 6.45) is 3.99. The molecule has 0 aliphatic heterocycles. The number of unbranched alkanes of at least 4 members (excludes halogenated alkanes) is 1. The van der Waals surface area contributed by atoms with Gasteiger partial charge in [-0.3, -0.25) is 0 Å². The van der Waals surface area contributed by atoms with Crippen LogP contribution in [0, 0.1) is 0 Å². The molecular weight excluding hydrogens is 230 g/mol. The summed E-state index contributed by atoms with van der Waals surface area (Å²) in [4.78, 5) is 0. The molecule has 0 fully saturated rings. The highest BCUT2D eigenvalue weighted by Gasteiger charge is 2.10. The first-order chi connectivity index (χ1) is 8.72. The van der Waals surface area contributed by atoms with Gasteiger partial charge in [-0.2, -0.15) is 0 Å². The van der Waals surface area contributed by atoms with Gasteiger partial charge in [0.15, 0.2) is 11.5 Å². The van der Waals surface area contributed by atoms with Gasteiger partial charge in [0.05, 0.1) is 14.2 Å². The predicted molar refractivity (Wildman–Crippen MR) is 72.3 cm³/mol. The Kier molecular flexibility index (Phi) is 6.08. The van der Waals surface area contributed by atoms with E-state index >= 15 is 0 Å².